The second-order valence-electron chi connectivity index (χ2n) is 5.14. The van der Waals surface area contributed by atoms with Crippen molar-refractivity contribution in [1.82, 2.24) is 19.4 Å². The van der Waals surface area contributed by atoms with Gasteiger partial charge >= 0.3 is 0 Å². The zero-order chi connectivity index (χ0) is 12.8. The third kappa shape index (κ3) is 2.79. The maximum absolute atomic E-state index is 12.5. The highest BCUT2D eigenvalue weighted by Gasteiger charge is 2.35. The van der Waals surface area contributed by atoms with Crippen molar-refractivity contribution in [3.63, 3.8) is 0 Å². The van der Waals surface area contributed by atoms with Gasteiger partial charge in [-0.3, -0.25) is 4.68 Å². The summed E-state index contributed by atoms with van der Waals surface area (Å²) in [6.45, 7) is 1.18. The van der Waals surface area contributed by atoms with Crippen molar-refractivity contribution < 1.29 is 8.42 Å². The van der Waals surface area contributed by atoms with Gasteiger partial charge in [0.25, 0.3) is 0 Å². The number of halogens is 1. The summed E-state index contributed by atoms with van der Waals surface area (Å²) in [5, 5.41) is 7.43. The largest absolute Gasteiger partial charge is 0.310 e. The van der Waals surface area contributed by atoms with Gasteiger partial charge in [-0.1, -0.05) is 0 Å². The molecule has 0 spiro atoms. The van der Waals surface area contributed by atoms with Crippen molar-refractivity contribution in [2.75, 3.05) is 13.1 Å². The van der Waals surface area contributed by atoms with Crippen LogP contribution in [0, 0.1) is 0 Å². The summed E-state index contributed by atoms with van der Waals surface area (Å²) in [5.41, 5.74) is 0. The minimum absolute atomic E-state index is 0. The molecule has 0 saturated carbocycles. The SMILES string of the molecule is Cl.Cn1cc(S(=O)(=O)N2CCC3CCC(C2)N3)cn1. The molecule has 0 aliphatic carbocycles. The molecule has 2 unspecified atom stereocenters. The third-order valence-electron chi connectivity index (χ3n) is 3.80. The van der Waals surface area contributed by atoms with E-state index in [1.165, 1.54) is 17.3 Å². The van der Waals surface area contributed by atoms with Crippen LogP contribution in [0.25, 0.3) is 0 Å². The Morgan fingerprint density at radius 3 is 2.74 bits per heavy atom. The quantitative estimate of drug-likeness (QED) is 0.856. The van der Waals surface area contributed by atoms with Gasteiger partial charge in [0, 0.05) is 38.4 Å². The van der Waals surface area contributed by atoms with Gasteiger partial charge in [0.15, 0.2) is 0 Å². The van der Waals surface area contributed by atoms with Crippen LogP contribution in [0.4, 0.5) is 0 Å². The summed E-state index contributed by atoms with van der Waals surface area (Å²) in [5.74, 6) is 0. The van der Waals surface area contributed by atoms with Gasteiger partial charge in [-0.25, -0.2) is 8.42 Å². The van der Waals surface area contributed by atoms with Crippen LogP contribution in [-0.2, 0) is 17.1 Å². The maximum atomic E-state index is 12.5. The molecule has 2 aliphatic heterocycles. The second kappa shape index (κ2) is 5.40. The van der Waals surface area contributed by atoms with Crippen molar-refractivity contribution in [2.24, 2.45) is 7.05 Å². The van der Waals surface area contributed by atoms with Crippen molar-refractivity contribution in [3.05, 3.63) is 12.4 Å². The van der Waals surface area contributed by atoms with E-state index in [2.05, 4.69) is 10.4 Å². The first-order valence-corrected chi connectivity index (χ1v) is 7.74. The number of hydrogen-bond donors (Lipinski definition) is 1. The molecule has 3 heterocycles. The predicted molar refractivity (Wildman–Crippen MR) is 73.8 cm³/mol. The first kappa shape index (κ1) is 14.8. The number of sulfonamides is 1. The average Bonchev–Trinajstić information content (AvgIpc) is 2.85. The lowest BCUT2D eigenvalue weighted by atomic mass is 10.1. The lowest BCUT2D eigenvalue weighted by Crippen LogP contribution is -2.38. The molecule has 2 atom stereocenters. The molecule has 2 saturated heterocycles. The monoisotopic (exact) mass is 306 g/mol. The molecular weight excluding hydrogens is 288 g/mol. The molecule has 0 amide bonds. The summed E-state index contributed by atoms with van der Waals surface area (Å²) in [6, 6.07) is 0.799. The standard InChI is InChI=1S/C11H18N4O2S.ClH/c1-14-8-11(6-12-14)18(16,17)15-5-4-9-2-3-10(7-15)13-9;/h6,8-10,13H,2-5,7H2,1H3;1H. The summed E-state index contributed by atoms with van der Waals surface area (Å²) in [7, 11) is -1.65. The second-order valence-corrected chi connectivity index (χ2v) is 7.08. The molecule has 108 valence electrons. The first-order chi connectivity index (χ1) is 8.55. The van der Waals surface area contributed by atoms with E-state index >= 15 is 0 Å². The van der Waals surface area contributed by atoms with E-state index in [4.69, 9.17) is 0 Å². The Balaban J connectivity index is 0.00000133. The van der Waals surface area contributed by atoms with E-state index in [9.17, 15) is 8.42 Å². The van der Waals surface area contributed by atoms with Gasteiger partial charge in [-0.05, 0) is 19.3 Å². The molecule has 8 heteroatoms. The van der Waals surface area contributed by atoms with E-state index in [0.717, 1.165) is 12.8 Å². The lowest BCUT2D eigenvalue weighted by Gasteiger charge is -2.22. The van der Waals surface area contributed by atoms with E-state index in [1.807, 2.05) is 0 Å². The van der Waals surface area contributed by atoms with Crippen molar-refractivity contribution in [1.29, 1.82) is 0 Å². The van der Waals surface area contributed by atoms with E-state index in [1.54, 1.807) is 17.5 Å². The molecule has 19 heavy (non-hydrogen) atoms. The minimum Gasteiger partial charge on any atom is -0.310 e. The average molecular weight is 307 g/mol. The highest BCUT2D eigenvalue weighted by atomic mass is 35.5. The molecule has 2 bridgehead atoms. The van der Waals surface area contributed by atoms with Crippen LogP contribution in [0.5, 0.6) is 0 Å². The summed E-state index contributed by atoms with van der Waals surface area (Å²) < 4.78 is 28.1. The Morgan fingerprint density at radius 2 is 2.05 bits per heavy atom. The van der Waals surface area contributed by atoms with Gasteiger partial charge in [-0.2, -0.15) is 9.40 Å². The molecule has 1 N–H and O–H groups in total. The van der Waals surface area contributed by atoms with Crippen LogP contribution in [0.1, 0.15) is 19.3 Å². The van der Waals surface area contributed by atoms with Gasteiger partial charge in [0.2, 0.25) is 10.0 Å². The van der Waals surface area contributed by atoms with Gasteiger partial charge in [-0.15, -0.1) is 12.4 Å². The predicted octanol–water partition coefficient (Wildman–Crippen LogP) is 0.357. The Hall–Kier alpha value is -0.630. The van der Waals surface area contributed by atoms with Gasteiger partial charge < -0.3 is 5.32 Å². The first-order valence-electron chi connectivity index (χ1n) is 6.30. The highest BCUT2D eigenvalue weighted by molar-refractivity contribution is 7.89. The summed E-state index contributed by atoms with van der Waals surface area (Å²) in [6.07, 6.45) is 6.13. The summed E-state index contributed by atoms with van der Waals surface area (Å²) >= 11 is 0. The highest BCUT2D eigenvalue weighted by Crippen LogP contribution is 2.24. The molecule has 1 aromatic heterocycles. The number of fused-ring (bicyclic) bond motifs is 2. The Bertz CT molecular complexity index is 545. The van der Waals surface area contributed by atoms with Crippen LogP contribution in [-0.4, -0.2) is 47.7 Å². The topological polar surface area (TPSA) is 67.2 Å². The number of nitrogens with one attached hydrogen (secondary N) is 1. The smallest absolute Gasteiger partial charge is 0.246 e. The Morgan fingerprint density at radius 1 is 1.32 bits per heavy atom. The molecule has 2 fully saturated rings. The van der Waals surface area contributed by atoms with Crippen LogP contribution < -0.4 is 5.32 Å². The van der Waals surface area contributed by atoms with Crippen molar-refractivity contribution >= 4 is 22.4 Å². The molecule has 0 aromatic carbocycles. The lowest BCUT2D eigenvalue weighted by molar-refractivity contribution is 0.383. The molecule has 6 nitrogen and oxygen atoms in total. The van der Waals surface area contributed by atoms with Crippen molar-refractivity contribution in [3.8, 4) is 0 Å². The number of aryl methyl sites for hydroxylation is 1. The normalized spacial score (nSPS) is 27.8. The van der Waals surface area contributed by atoms with Gasteiger partial charge in [0.05, 0.1) is 6.20 Å². The zero-order valence-electron chi connectivity index (χ0n) is 10.8. The van der Waals surface area contributed by atoms with Crippen molar-refractivity contribution in [2.45, 2.75) is 36.2 Å². The third-order valence-corrected chi connectivity index (χ3v) is 5.62. The minimum atomic E-state index is -3.38. The number of hydrogen-bond acceptors (Lipinski definition) is 4. The fourth-order valence-electron chi connectivity index (χ4n) is 2.81. The molecule has 0 radical (unpaired) electrons. The Labute approximate surface area is 119 Å². The number of aromatic nitrogens is 2. The van der Waals surface area contributed by atoms with Crippen LogP contribution in [0.2, 0.25) is 0 Å². The maximum Gasteiger partial charge on any atom is 0.246 e. The molecule has 3 rings (SSSR count). The molecular formula is C11H19ClN4O2S. The fourth-order valence-corrected chi connectivity index (χ4v) is 4.30. The zero-order valence-corrected chi connectivity index (χ0v) is 12.5. The number of nitrogens with zero attached hydrogens (tertiary/aromatic N) is 3. The molecule has 2 aliphatic rings. The Kier molecular flexibility index (Phi) is 4.20. The fraction of sp³-hybridized carbons (Fsp3) is 0.727. The van der Waals surface area contributed by atoms with E-state index in [-0.39, 0.29) is 12.4 Å². The van der Waals surface area contributed by atoms with E-state index in [0.29, 0.717) is 30.1 Å². The van der Waals surface area contributed by atoms with Crippen LogP contribution in [0.3, 0.4) is 0 Å². The van der Waals surface area contributed by atoms with Crippen LogP contribution >= 0.6 is 12.4 Å². The summed E-state index contributed by atoms with van der Waals surface area (Å²) in [4.78, 5) is 0.294. The van der Waals surface area contributed by atoms with Gasteiger partial charge in [0.1, 0.15) is 4.90 Å². The number of rotatable bonds is 2. The van der Waals surface area contributed by atoms with E-state index < -0.39 is 10.0 Å². The van der Waals surface area contributed by atoms with Crippen LogP contribution in [0.15, 0.2) is 17.3 Å². The molecule has 1 aromatic rings.